The lowest BCUT2D eigenvalue weighted by Gasteiger charge is -2.15. The molecule has 0 atom stereocenters. The van der Waals surface area contributed by atoms with E-state index < -0.39 is 5.41 Å². The Labute approximate surface area is 121 Å². The first-order chi connectivity index (χ1) is 9.88. The van der Waals surface area contributed by atoms with E-state index in [0.29, 0.717) is 11.3 Å². The van der Waals surface area contributed by atoms with Crippen LogP contribution in [0, 0.1) is 5.82 Å². The van der Waals surface area contributed by atoms with Crippen LogP contribution in [0.25, 0.3) is 0 Å². The monoisotopic (exact) mass is 289 g/mol. The zero-order valence-corrected chi connectivity index (χ0v) is 12.0. The zero-order chi connectivity index (χ0) is 15.5. The molecule has 2 aromatic rings. The highest BCUT2D eigenvalue weighted by atomic mass is 19.1. The number of rotatable bonds is 3. The summed E-state index contributed by atoms with van der Waals surface area (Å²) < 4.78 is 13.4. The molecule has 2 N–H and O–H groups in total. The molecule has 1 heterocycles. The Morgan fingerprint density at radius 1 is 1.29 bits per heavy atom. The predicted octanol–water partition coefficient (Wildman–Crippen LogP) is 2.05. The van der Waals surface area contributed by atoms with Gasteiger partial charge in [-0.1, -0.05) is 39.0 Å². The van der Waals surface area contributed by atoms with Gasteiger partial charge in [0.2, 0.25) is 5.95 Å². The van der Waals surface area contributed by atoms with Crippen molar-refractivity contribution in [2.45, 2.75) is 26.2 Å². The van der Waals surface area contributed by atoms with Gasteiger partial charge in [-0.15, -0.1) is 10.2 Å². The van der Waals surface area contributed by atoms with Gasteiger partial charge in [0, 0.05) is 11.0 Å². The standard InChI is InChI=1S/C14H16FN5O/c1-14(2,3)11-12(21)17-13(20-18-11)19-16-8-9-6-4-5-7-10(9)15/h4-8H,1-3H3,(H2,17,19,20,21)/b16-8+. The number of nitrogens with zero attached hydrogens (tertiary/aromatic N) is 3. The fourth-order valence-corrected chi connectivity index (χ4v) is 1.62. The molecule has 0 fully saturated rings. The Morgan fingerprint density at radius 2 is 2.00 bits per heavy atom. The molecule has 1 aromatic heterocycles. The average molecular weight is 289 g/mol. The summed E-state index contributed by atoms with van der Waals surface area (Å²) in [5.74, 6) is -0.286. The lowest BCUT2D eigenvalue weighted by molar-refractivity contribution is 0.547. The van der Waals surface area contributed by atoms with E-state index in [4.69, 9.17) is 0 Å². The minimum Gasteiger partial charge on any atom is -0.288 e. The van der Waals surface area contributed by atoms with Gasteiger partial charge in [0.25, 0.3) is 5.56 Å². The molecule has 6 nitrogen and oxygen atoms in total. The summed E-state index contributed by atoms with van der Waals surface area (Å²) in [5.41, 5.74) is 2.45. The molecule has 0 radical (unpaired) electrons. The lowest BCUT2D eigenvalue weighted by Crippen LogP contribution is -2.28. The molecule has 7 heteroatoms. The average Bonchev–Trinajstić information content (AvgIpc) is 2.39. The number of nitrogens with one attached hydrogen (secondary N) is 2. The molecule has 0 spiro atoms. The van der Waals surface area contributed by atoms with E-state index >= 15 is 0 Å². The number of hydrazone groups is 1. The maximum Gasteiger partial charge on any atom is 0.274 e. The summed E-state index contributed by atoms with van der Waals surface area (Å²) in [5, 5.41) is 11.5. The van der Waals surface area contributed by atoms with Crippen molar-refractivity contribution < 1.29 is 4.39 Å². The molecule has 0 aliphatic rings. The minimum atomic E-state index is -0.393. The zero-order valence-electron chi connectivity index (χ0n) is 12.0. The Kier molecular flexibility index (Phi) is 4.11. The van der Waals surface area contributed by atoms with Crippen molar-refractivity contribution in [1.82, 2.24) is 15.2 Å². The van der Waals surface area contributed by atoms with Gasteiger partial charge in [-0.2, -0.15) is 5.10 Å². The summed E-state index contributed by atoms with van der Waals surface area (Å²) in [6, 6.07) is 6.21. The van der Waals surface area contributed by atoms with E-state index in [9.17, 15) is 9.18 Å². The van der Waals surface area contributed by atoms with Gasteiger partial charge in [-0.05, 0) is 6.07 Å². The fraction of sp³-hybridized carbons (Fsp3) is 0.286. The molecule has 0 aliphatic heterocycles. The first-order valence-corrected chi connectivity index (χ1v) is 6.39. The van der Waals surface area contributed by atoms with E-state index in [1.165, 1.54) is 12.3 Å². The van der Waals surface area contributed by atoms with Crippen LogP contribution in [0.4, 0.5) is 10.3 Å². The second-order valence-corrected chi connectivity index (χ2v) is 5.49. The number of benzene rings is 1. The SMILES string of the molecule is CC(C)(C)c1nnc(N/N=C/c2ccccc2F)[nH]c1=O. The minimum absolute atomic E-state index is 0.0978. The topological polar surface area (TPSA) is 83.0 Å². The van der Waals surface area contributed by atoms with Gasteiger partial charge in [0.05, 0.1) is 6.21 Å². The summed E-state index contributed by atoms with van der Waals surface area (Å²) in [4.78, 5) is 14.4. The molecule has 0 aliphatic carbocycles. The number of aromatic nitrogens is 3. The van der Waals surface area contributed by atoms with Crippen LogP contribution in [-0.2, 0) is 5.41 Å². The largest absolute Gasteiger partial charge is 0.288 e. The van der Waals surface area contributed by atoms with Crippen LogP contribution >= 0.6 is 0 Å². The molecule has 0 saturated heterocycles. The van der Waals surface area contributed by atoms with Crippen molar-refractivity contribution in [3.05, 3.63) is 51.7 Å². The maximum atomic E-state index is 13.4. The third-order valence-electron chi connectivity index (χ3n) is 2.69. The number of anilines is 1. The second-order valence-electron chi connectivity index (χ2n) is 5.49. The van der Waals surface area contributed by atoms with Gasteiger partial charge in [-0.25, -0.2) is 9.82 Å². The van der Waals surface area contributed by atoms with Crippen molar-refractivity contribution >= 4 is 12.2 Å². The predicted molar refractivity (Wildman–Crippen MR) is 79.0 cm³/mol. The van der Waals surface area contributed by atoms with Gasteiger partial charge in [0.15, 0.2) is 0 Å². The van der Waals surface area contributed by atoms with E-state index in [-0.39, 0.29) is 17.3 Å². The molecule has 110 valence electrons. The first kappa shape index (κ1) is 14.8. The molecule has 0 unspecified atom stereocenters. The Balaban J connectivity index is 2.13. The number of hydrogen-bond acceptors (Lipinski definition) is 5. The Morgan fingerprint density at radius 3 is 2.62 bits per heavy atom. The van der Waals surface area contributed by atoms with Crippen LogP contribution in [0.5, 0.6) is 0 Å². The highest BCUT2D eigenvalue weighted by molar-refractivity contribution is 5.80. The molecule has 0 saturated carbocycles. The number of aromatic amines is 1. The van der Waals surface area contributed by atoms with Crippen molar-refractivity contribution in [2.24, 2.45) is 5.10 Å². The van der Waals surface area contributed by atoms with Crippen LogP contribution in [0.3, 0.4) is 0 Å². The van der Waals surface area contributed by atoms with Crippen molar-refractivity contribution in [3.8, 4) is 0 Å². The third kappa shape index (κ3) is 3.71. The summed E-state index contributed by atoms with van der Waals surface area (Å²) in [6.45, 7) is 5.61. The van der Waals surface area contributed by atoms with Gasteiger partial charge in [0.1, 0.15) is 11.5 Å². The third-order valence-corrected chi connectivity index (χ3v) is 2.69. The quantitative estimate of drug-likeness (QED) is 0.669. The highest BCUT2D eigenvalue weighted by Gasteiger charge is 2.20. The maximum absolute atomic E-state index is 13.4. The van der Waals surface area contributed by atoms with Crippen molar-refractivity contribution in [1.29, 1.82) is 0 Å². The molecule has 0 bridgehead atoms. The molecular formula is C14H16FN5O. The van der Waals surface area contributed by atoms with E-state index in [0.717, 1.165) is 0 Å². The number of halogens is 1. The smallest absolute Gasteiger partial charge is 0.274 e. The summed E-state index contributed by atoms with van der Waals surface area (Å²) in [7, 11) is 0. The van der Waals surface area contributed by atoms with E-state index in [1.54, 1.807) is 18.2 Å². The van der Waals surface area contributed by atoms with Crippen molar-refractivity contribution in [3.63, 3.8) is 0 Å². The van der Waals surface area contributed by atoms with Gasteiger partial charge >= 0.3 is 0 Å². The van der Waals surface area contributed by atoms with Gasteiger partial charge in [-0.3, -0.25) is 9.78 Å². The van der Waals surface area contributed by atoms with E-state index in [2.05, 4.69) is 25.7 Å². The number of hydrogen-bond donors (Lipinski definition) is 2. The number of H-pyrrole nitrogens is 1. The normalized spacial score (nSPS) is 11.8. The molecule has 2 rings (SSSR count). The van der Waals surface area contributed by atoms with Crippen LogP contribution in [0.15, 0.2) is 34.2 Å². The summed E-state index contributed by atoms with van der Waals surface area (Å²) in [6.07, 6.45) is 1.30. The lowest BCUT2D eigenvalue weighted by atomic mass is 9.93. The molecular weight excluding hydrogens is 273 g/mol. The van der Waals surface area contributed by atoms with Crippen LogP contribution < -0.4 is 11.0 Å². The Bertz CT molecular complexity index is 718. The molecule has 1 aromatic carbocycles. The molecule has 21 heavy (non-hydrogen) atoms. The second kappa shape index (κ2) is 5.82. The van der Waals surface area contributed by atoms with Crippen LogP contribution in [-0.4, -0.2) is 21.4 Å². The van der Waals surface area contributed by atoms with Gasteiger partial charge < -0.3 is 0 Å². The van der Waals surface area contributed by atoms with Crippen molar-refractivity contribution in [2.75, 3.05) is 5.43 Å². The van der Waals surface area contributed by atoms with E-state index in [1.807, 2.05) is 20.8 Å². The van der Waals surface area contributed by atoms with Crippen LogP contribution in [0.2, 0.25) is 0 Å². The first-order valence-electron chi connectivity index (χ1n) is 6.39. The fourth-order valence-electron chi connectivity index (χ4n) is 1.62. The molecule has 0 amide bonds. The Hall–Kier alpha value is -2.57. The summed E-state index contributed by atoms with van der Waals surface area (Å²) >= 11 is 0. The van der Waals surface area contributed by atoms with Crippen LogP contribution in [0.1, 0.15) is 32.0 Å². The highest BCUT2D eigenvalue weighted by Crippen LogP contribution is 2.15.